The molecule has 1 amide bonds. The third-order valence-corrected chi connectivity index (χ3v) is 3.93. The van der Waals surface area contributed by atoms with Gasteiger partial charge in [-0.25, -0.2) is 0 Å². The number of rotatable bonds is 7. The van der Waals surface area contributed by atoms with E-state index in [1.165, 1.54) is 13.2 Å². The average Bonchev–Trinajstić information content (AvgIpc) is 2.66. The molecule has 0 saturated carbocycles. The molecule has 2 aromatic rings. The van der Waals surface area contributed by atoms with Crippen molar-refractivity contribution in [3.8, 4) is 11.5 Å². The van der Waals surface area contributed by atoms with Crippen LogP contribution in [0.4, 0.5) is 0 Å². The normalized spacial score (nSPS) is 10.9. The minimum atomic E-state index is -0.335. The Morgan fingerprint density at radius 3 is 2.44 bits per heavy atom. The molecule has 0 fully saturated rings. The molecule has 0 aliphatic carbocycles. The van der Waals surface area contributed by atoms with E-state index in [0.29, 0.717) is 23.1 Å². The summed E-state index contributed by atoms with van der Waals surface area (Å²) in [6.45, 7) is 3.93. The summed E-state index contributed by atoms with van der Waals surface area (Å²) < 4.78 is 10.6. The maximum atomic E-state index is 12.0. The number of benzene rings is 2. The van der Waals surface area contributed by atoms with Crippen LogP contribution in [0.5, 0.6) is 11.5 Å². The van der Waals surface area contributed by atoms with Gasteiger partial charge in [-0.1, -0.05) is 43.6 Å². The Kier molecular flexibility index (Phi) is 7.44. The number of amides is 1. The monoisotopic (exact) mass is 387 g/mol. The van der Waals surface area contributed by atoms with Gasteiger partial charge in [0, 0.05) is 17.6 Å². The minimum Gasteiger partial charge on any atom is -0.493 e. The highest BCUT2D eigenvalue weighted by atomic mass is 35.5. The van der Waals surface area contributed by atoms with E-state index in [9.17, 15) is 9.59 Å². The number of carbonyl (C=O) groups is 2. The molecular weight excluding hydrogens is 366 g/mol. The first kappa shape index (κ1) is 20.5. The molecule has 0 aliphatic rings. The summed E-state index contributed by atoms with van der Waals surface area (Å²) >= 11 is 5.83. The van der Waals surface area contributed by atoms with Crippen molar-refractivity contribution in [2.24, 2.45) is 5.92 Å². The van der Waals surface area contributed by atoms with Crippen molar-refractivity contribution >= 4 is 29.6 Å². The van der Waals surface area contributed by atoms with Gasteiger partial charge in [0.2, 0.25) is 5.91 Å². The van der Waals surface area contributed by atoms with Gasteiger partial charge in [0.15, 0.2) is 11.5 Å². The summed E-state index contributed by atoms with van der Waals surface area (Å²) in [5.74, 6) is -0.0238. The number of ether oxygens (including phenoxy) is 2. The number of halogens is 1. The lowest BCUT2D eigenvalue weighted by Gasteiger charge is -2.11. The van der Waals surface area contributed by atoms with E-state index in [-0.39, 0.29) is 17.8 Å². The molecule has 0 radical (unpaired) electrons. The largest absolute Gasteiger partial charge is 0.493 e. The molecule has 0 saturated heterocycles. The Hall–Kier alpha value is -2.79. The van der Waals surface area contributed by atoms with Crippen molar-refractivity contribution < 1.29 is 19.1 Å². The molecule has 27 heavy (non-hydrogen) atoms. The van der Waals surface area contributed by atoms with Crippen LogP contribution in [0, 0.1) is 5.92 Å². The summed E-state index contributed by atoms with van der Waals surface area (Å²) in [6, 6.07) is 12.4. The average molecular weight is 388 g/mol. The fraction of sp³-hybridized carbons (Fsp3) is 0.238. The van der Waals surface area contributed by atoms with Crippen LogP contribution in [0.15, 0.2) is 48.5 Å². The molecule has 2 rings (SSSR count). The molecule has 0 aliphatic heterocycles. The molecule has 0 atom stereocenters. The van der Waals surface area contributed by atoms with Crippen molar-refractivity contribution in [1.29, 1.82) is 0 Å². The number of hydrogen-bond acceptors (Lipinski definition) is 4. The molecule has 5 nitrogen and oxygen atoms in total. The lowest BCUT2D eigenvalue weighted by atomic mass is 10.1. The van der Waals surface area contributed by atoms with Crippen LogP contribution in [0.2, 0.25) is 5.02 Å². The number of hydrogen-bond donors (Lipinski definition) is 1. The number of methoxy groups -OCH3 is 1. The van der Waals surface area contributed by atoms with Crippen molar-refractivity contribution in [3.63, 3.8) is 0 Å². The van der Waals surface area contributed by atoms with E-state index in [4.69, 9.17) is 21.1 Å². The van der Waals surface area contributed by atoms with E-state index in [2.05, 4.69) is 5.32 Å². The smallest absolute Gasteiger partial charge is 0.313 e. The van der Waals surface area contributed by atoms with Crippen molar-refractivity contribution in [1.82, 2.24) is 5.32 Å². The Bertz CT molecular complexity index is 829. The summed E-state index contributed by atoms with van der Waals surface area (Å²) in [5, 5.41) is 3.45. The Morgan fingerprint density at radius 2 is 1.81 bits per heavy atom. The predicted molar refractivity (Wildman–Crippen MR) is 106 cm³/mol. The van der Waals surface area contributed by atoms with Gasteiger partial charge in [0.1, 0.15) is 0 Å². The second-order valence-electron chi connectivity index (χ2n) is 6.16. The van der Waals surface area contributed by atoms with Crippen LogP contribution < -0.4 is 14.8 Å². The third kappa shape index (κ3) is 6.46. The number of nitrogens with one attached hydrogen (secondary N) is 1. The maximum absolute atomic E-state index is 12.0. The fourth-order valence-corrected chi connectivity index (χ4v) is 2.25. The van der Waals surface area contributed by atoms with Gasteiger partial charge in [0.25, 0.3) is 0 Å². The van der Waals surface area contributed by atoms with E-state index in [0.717, 1.165) is 11.1 Å². The lowest BCUT2D eigenvalue weighted by Crippen LogP contribution is -2.20. The van der Waals surface area contributed by atoms with Gasteiger partial charge in [-0.15, -0.1) is 0 Å². The highest BCUT2D eigenvalue weighted by Gasteiger charge is 2.13. The number of carbonyl (C=O) groups excluding carboxylic acids is 2. The molecule has 0 spiro atoms. The van der Waals surface area contributed by atoms with Crippen molar-refractivity contribution in [2.75, 3.05) is 7.11 Å². The van der Waals surface area contributed by atoms with E-state index in [1.807, 2.05) is 12.1 Å². The predicted octanol–water partition coefficient (Wildman–Crippen LogP) is 4.24. The molecular formula is C21H22ClNO4. The lowest BCUT2D eigenvalue weighted by molar-refractivity contribution is -0.137. The van der Waals surface area contributed by atoms with Crippen LogP contribution >= 0.6 is 11.6 Å². The molecule has 0 unspecified atom stereocenters. The zero-order valence-corrected chi connectivity index (χ0v) is 16.2. The highest BCUT2D eigenvalue weighted by Crippen LogP contribution is 2.29. The molecule has 1 N–H and O–H groups in total. The minimum absolute atomic E-state index is 0.223. The van der Waals surface area contributed by atoms with Crippen molar-refractivity contribution in [2.45, 2.75) is 20.4 Å². The van der Waals surface area contributed by atoms with Crippen LogP contribution in [-0.2, 0) is 16.1 Å². The fourth-order valence-electron chi connectivity index (χ4n) is 2.12. The maximum Gasteiger partial charge on any atom is 0.313 e. The topological polar surface area (TPSA) is 64.6 Å². The summed E-state index contributed by atoms with van der Waals surface area (Å²) in [6.07, 6.45) is 3.10. The highest BCUT2D eigenvalue weighted by molar-refractivity contribution is 6.30. The molecule has 0 aromatic heterocycles. The van der Waals surface area contributed by atoms with Gasteiger partial charge < -0.3 is 14.8 Å². The van der Waals surface area contributed by atoms with Gasteiger partial charge >= 0.3 is 5.97 Å². The summed E-state index contributed by atoms with van der Waals surface area (Å²) in [7, 11) is 1.49. The van der Waals surface area contributed by atoms with Crippen LogP contribution in [0.25, 0.3) is 6.08 Å². The van der Waals surface area contributed by atoms with Gasteiger partial charge in [-0.05, 0) is 41.5 Å². The molecule has 6 heteroatoms. The van der Waals surface area contributed by atoms with Gasteiger partial charge in [-0.2, -0.15) is 0 Å². The van der Waals surface area contributed by atoms with Gasteiger partial charge in [0.05, 0.1) is 13.0 Å². The first-order valence-electron chi connectivity index (χ1n) is 8.49. The molecule has 0 heterocycles. The second-order valence-corrected chi connectivity index (χ2v) is 6.60. The van der Waals surface area contributed by atoms with Gasteiger partial charge in [-0.3, -0.25) is 9.59 Å². The van der Waals surface area contributed by atoms with E-state index in [1.54, 1.807) is 50.3 Å². The summed E-state index contributed by atoms with van der Waals surface area (Å²) in [5.41, 5.74) is 1.71. The van der Waals surface area contributed by atoms with Crippen molar-refractivity contribution in [3.05, 3.63) is 64.7 Å². The zero-order valence-electron chi connectivity index (χ0n) is 15.5. The quantitative estimate of drug-likeness (QED) is 0.438. The molecule has 142 valence electrons. The third-order valence-electron chi connectivity index (χ3n) is 3.68. The zero-order chi connectivity index (χ0) is 19.8. The number of esters is 1. The van der Waals surface area contributed by atoms with E-state index < -0.39 is 0 Å². The Balaban J connectivity index is 1.97. The van der Waals surface area contributed by atoms with Crippen LogP contribution in [0.1, 0.15) is 25.0 Å². The Labute approximate surface area is 163 Å². The standard InChI is InChI=1S/C21H22ClNO4/c1-14(2)21(25)27-18-10-6-15(12-19(18)26-3)7-11-20(24)23-13-16-4-8-17(22)9-5-16/h4-12,14H,13H2,1-3H3,(H,23,24)/b11-7+. The molecule has 2 aromatic carbocycles. The molecule has 0 bridgehead atoms. The Morgan fingerprint density at radius 1 is 1.11 bits per heavy atom. The first-order chi connectivity index (χ1) is 12.9. The van der Waals surface area contributed by atoms with E-state index >= 15 is 0 Å². The SMILES string of the molecule is COc1cc(/C=C/C(=O)NCc2ccc(Cl)cc2)ccc1OC(=O)C(C)C. The van der Waals surface area contributed by atoms with Crippen LogP contribution in [0.3, 0.4) is 0 Å². The second kappa shape index (κ2) is 9.78. The van der Waals surface area contributed by atoms with Crippen LogP contribution in [-0.4, -0.2) is 19.0 Å². The summed E-state index contributed by atoms with van der Waals surface area (Å²) in [4.78, 5) is 23.7. The first-order valence-corrected chi connectivity index (χ1v) is 8.87.